The number of halogens is 1. The molecular weight excluding hydrogens is 282 g/mol. The minimum absolute atomic E-state index is 0.299. The van der Waals surface area contributed by atoms with Crippen molar-refractivity contribution in [1.82, 2.24) is 10.2 Å². The van der Waals surface area contributed by atoms with Crippen LogP contribution in [0.5, 0.6) is 0 Å². The Morgan fingerprint density at radius 3 is 2.81 bits per heavy atom. The van der Waals surface area contributed by atoms with Gasteiger partial charge in [0.1, 0.15) is 0 Å². The third-order valence-electron chi connectivity index (χ3n) is 4.45. The first kappa shape index (κ1) is 16.6. The number of benzene rings is 1. The lowest BCUT2D eigenvalue weighted by molar-refractivity contribution is 0.258. The first-order chi connectivity index (χ1) is 10.0. The maximum absolute atomic E-state index is 6.50. The molecular formula is C17H28ClN3. The molecule has 4 heteroatoms. The predicted octanol–water partition coefficient (Wildman–Crippen LogP) is 3.54. The Kier molecular flexibility index (Phi) is 5.91. The van der Waals surface area contributed by atoms with Gasteiger partial charge in [-0.1, -0.05) is 24.6 Å². The highest BCUT2D eigenvalue weighted by molar-refractivity contribution is 6.31. The minimum atomic E-state index is 0.299. The van der Waals surface area contributed by atoms with Gasteiger partial charge in [0.05, 0.1) is 0 Å². The quantitative estimate of drug-likeness (QED) is 0.897. The third kappa shape index (κ3) is 4.12. The van der Waals surface area contributed by atoms with Gasteiger partial charge in [-0.3, -0.25) is 0 Å². The Balaban J connectivity index is 2.12. The van der Waals surface area contributed by atoms with Gasteiger partial charge in [-0.25, -0.2) is 0 Å². The van der Waals surface area contributed by atoms with E-state index in [2.05, 4.69) is 61.3 Å². The number of hydrogen-bond donors (Lipinski definition) is 1. The van der Waals surface area contributed by atoms with Crippen LogP contribution in [0.2, 0.25) is 5.02 Å². The average Bonchev–Trinajstić information content (AvgIpc) is 2.47. The summed E-state index contributed by atoms with van der Waals surface area (Å²) in [4.78, 5) is 4.79. The van der Waals surface area contributed by atoms with Crippen LogP contribution < -0.4 is 10.2 Å². The Bertz CT molecular complexity index is 461. The summed E-state index contributed by atoms with van der Waals surface area (Å²) in [6, 6.07) is 7.45. The van der Waals surface area contributed by atoms with E-state index in [1.54, 1.807) is 0 Å². The number of hydrogen-bond acceptors (Lipinski definition) is 3. The molecule has 0 aromatic heterocycles. The molecule has 0 spiro atoms. The molecule has 1 aromatic rings. The summed E-state index contributed by atoms with van der Waals surface area (Å²) in [5.74, 6) is 0. The largest absolute Gasteiger partial charge is 0.370 e. The number of likely N-dealkylation sites (N-methyl/N-ethyl adjacent to an activating group) is 1. The topological polar surface area (TPSA) is 18.5 Å². The fourth-order valence-corrected chi connectivity index (χ4v) is 3.43. The molecule has 1 N–H and O–H groups in total. The molecule has 0 radical (unpaired) electrons. The van der Waals surface area contributed by atoms with E-state index >= 15 is 0 Å². The van der Waals surface area contributed by atoms with E-state index in [4.69, 9.17) is 11.6 Å². The van der Waals surface area contributed by atoms with E-state index < -0.39 is 0 Å². The molecule has 2 atom stereocenters. The fraction of sp³-hybridized carbons (Fsp3) is 0.647. The van der Waals surface area contributed by atoms with Gasteiger partial charge in [0.2, 0.25) is 0 Å². The van der Waals surface area contributed by atoms with Crippen molar-refractivity contribution >= 4 is 17.3 Å². The Hall–Kier alpha value is -0.770. The molecule has 1 fully saturated rings. The van der Waals surface area contributed by atoms with Gasteiger partial charge in [0.15, 0.2) is 0 Å². The number of piperidine rings is 1. The van der Waals surface area contributed by atoms with Gasteiger partial charge in [0.25, 0.3) is 0 Å². The average molecular weight is 310 g/mol. The molecule has 0 aliphatic carbocycles. The van der Waals surface area contributed by atoms with E-state index in [1.807, 2.05) is 0 Å². The molecule has 0 bridgehead atoms. The summed E-state index contributed by atoms with van der Waals surface area (Å²) >= 11 is 6.50. The van der Waals surface area contributed by atoms with Crippen molar-refractivity contribution in [3.63, 3.8) is 0 Å². The normalized spacial score (nSPS) is 20.9. The first-order valence-electron chi connectivity index (χ1n) is 7.97. The van der Waals surface area contributed by atoms with Gasteiger partial charge in [-0.05, 0) is 58.1 Å². The monoisotopic (exact) mass is 309 g/mol. The van der Waals surface area contributed by atoms with Crippen LogP contribution >= 0.6 is 11.6 Å². The van der Waals surface area contributed by atoms with E-state index in [0.717, 1.165) is 24.7 Å². The molecule has 1 aliphatic rings. The highest BCUT2D eigenvalue weighted by Crippen LogP contribution is 2.29. The Morgan fingerprint density at radius 1 is 1.43 bits per heavy atom. The second kappa shape index (κ2) is 7.48. The standard InChI is InChI=1S/C17H28ClN3/c1-5-19-13(2)16-9-8-14(11-17(16)18)21-10-6-7-15(12-21)20(3)4/h8-9,11,13,15,19H,5-7,10,12H2,1-4H3. The van der Waals surface area contributed by atoms with Crippen LogP contribution in [-0.2, 0) is 0 Å². The van der Waals surface area contributed by atoms with E-state index in [0.29, 0.717) is 12.1 Å². The molecule has 1 heterocycles. The molecule has 1 aliphatic heterocycles. The fourth-order valence-electron chi connectivity index (χ4n) is 3.09. The van der Waals surface area contributed by atoms with E-state index in [-0.39, 0.29) is 0 Å². The molecule has 1 aromatic carbocycles. The summed E-state index contributed by atoms with van der Waals surface area (Å²) < 4.78 is 0. The zero-order chi connectivity index (χ0) is 15.4. The molecule has 0 saturated carbocycles. The molecule has 2 rings (SSSR count). The van der Waals surface area contributed by atoms with Crippen molar-refractivity contribution < 1.29 is 0 Å². The van der Waals surface area contributed by atoms with E-state index in [9.17, 15) is 0 Å². The minimum Gasteiger partial charge on any atom is -0.370 e. The number of anilines is 1. The predicted molar refractivity (Wildman–Crippen MR) is 92.5 cm³/mol. The van der Waals surface area contributed by atoms with Crippen molar-refractivity contribution in [2.24, 2.45) is 0 Å². The Labute approximate surface area is 134 Å². The van der Waals surface area contributed by atoms with Crippen LogP contribution in [0.25, 0.3) is 0 Å². The highest BCUT2D eigenvalue weighted by atomic mass is 35.5. The van der Waals surface area contributed by atoms with Crippen molar-refractivity contribution in [3.05, 3.63) is 28.8 Å². The molecule has 21 heavy (non-hydrogen) atoms. The summed E-state index contributed by atoms with van der Waals surface area (Å²) in [6.07, 6.45) is 2.53. The van der Waals surface area contributed by atoms with Crippen molar-refractivity contribution in [2.45, 2.75) is 38.8 Å². The molecule has 0 amide bonds. The van der Waals surface area contributed by atoms with Crippen LogP contribution in [0.3, 0.4) is 0 Å². The highest BCUT2D eigenvalue weighted by Gasteiger charge is 2.22. The van der Waals surface area contributed by atoms with Crippen LogP contribution in [0.4, 0.5) is 5.69 Å². The Morgan fingerprint density at radius 2 is 2.19 bits per heavy atom. The zero-order valence-electron chi connectivity index (χ0n) is 13.7. The van der Waals surface area contributed by atoms with Gasteiger partial charge in [0, 0.05) is 35.9 Å². The van der Waals surface area contributed by atoms with E-state index in [1.165, 1.54) is 24.1 Å². The van der Waals surface area contributed by atoms with Gasteiger partial charge in [-0.2, -0.15) is 0 Å². The lowest BCUT2D eigenvalue weighted by Gasteiger charge is -2.37. The SMILES string of the molecule is CCNC(C)c1ccc(N2CCCC(N(C)C)C2)cc1Cl. The second-order valence-corrected chi connectivity index (χ2v) is 6.60. The number of nitrogens with one attached hydrogen (secondary N) is 1. The maximum atomic E-state index is 6.50. The van der Waals surface area contributed by atoms with Crippen LogP contribution in [0, 0.1) is 0 Å². The van der Waals surface area contributed by atoms with Crippen LogP contribution in [0.15, 0.2) is 18.2 Å². The van der Waals surface area contributed by atoms with Crippen molar-refractivity contribution in [2.75, 3.05) is 38.6 Å². The summed E-state index contributed by atoms with van der Waals surface area (Å²) in [5.41, 5.74) is 2.43. The summed E-state index contributed by atoms with van der Waals surface area (Å²) in [7, 11) is 4.34. The summed E-state index contributed by atoms with van der Waals surface area (Å²) in [5, 5.41) is 4.29. The van der Waals surface area contributed by atoms with Crippen molar-refractivity contribution in [1.29, 1.82) is 0 Å². The third-order valence-corrected chi connectivity index (χ3v) is 4.78. The number of nitrogens with zero attached hydrogens (tertiary/aromatic N) is 2. The zero-order valence-corrected chi connectivity index (χ0v) is 14.5. The lowest BCUT2D eigenvalue weighted by atomic mass is 10.0. The molecule has 3 nitrogen and oxygen atoms in total. The smallest absolute Gasteiger partial charge is 0.0474 e. The van der Waals surface area contributed by atoms with Crippen molar-refractivity contribution in [3.8, 4) is 0 Å². The number of rotatable bonds is 5. The van der Waals surface area contributed by atoms with Crippen LogP contribution in [-0.4, -0.2) is 44.7 Å². The van der Waals surface area contributed by atoms with Gasteiger partial charge in [-0.15, -0.1) is 0 Å². The first-order valence-corrected chi connectivity index (χ1v) is 8.35. The van der Waals surface area contributed by atoms with Gasteiger partial charge < -0.3 is 15.1 Å². The molecule has 1 saturated heterocycles. The second-order valence-electron chi connectivity index (χ2n) is 6.19. The molecule has 118 valence electrons. The summed E-state index contributed by atoms with van der Waals surface area (Å²) in [6.45, 7) is 7.45. The van der Waals surface area contributed by atoms with Crippen LogP contribution in [0.1, 0.15) is 38.3 Å². The maximum Gasteiger partial charge on any atom is 0.0474 e. The van der Waals surface area contributed by atoms with Gasteiger partial charge >= 0.3 is 0 Å². The molecule has 2 unspecified atom stereocenters. The lowest BCUT2D eigenvalue weighted by Crippen LogP contribution is -2.45.